The van der Waals surface area contributed by atoms with E-state index in [1.165, 1.54) is 0 Å². The number of benzene rings is 1. The van der Waals surface area contributed by atoms with Crippen LogP contribution in [0.25, 0.3) is 16.7 Å². The standard InChI is InChI=1S/C21H19Cl2NO2/c1-2-11-3-4-12(15-7-8-17(22)24-21(15)23)10-16(11)18-19(25)13-5-6-14(9-13)20(18)26/h3-4,7-8,10,13-14,25H,2,5-6,9H2,1H3/t13-,14?/m0/s1. The van der Waals surface area contributed by atoms with Gasteiger partial charge in [0.25, 0.3) is 0 Å². The lowest BCUT2D eigenvalue weighted by Crippen LogP contribution is -2.22. The molecule has 0 amide bonds. The minimum atomic E-state index is 0.0417. The Hall–Kier alpha value is -1.84. The van der Waals surface area contributed by atoms with Gasteiger partial charge in [-0.25, -0.2) is 4.98 Å². The molecule has 134 valence electrons. The van der Waals surface area contributed by atoms with Crippen molar-refractivity contribution in [2.45, 2.75) is 32.6 Å². The largest absolute Gasteiger partial charge is 0.511 e. The Balaban J connectivity index is 1.88. The van der Waals surface area contributed by atoms with Crippen molar-refractivity contribution in [3.05, 3.63) is 57.5 Å². The van der Waals surface area contributed by atoms with Crippen LogP contribution >= 0.6 is 23.2 Å². The minimum absolute atomic E-state index is 0.0417. The summed E-state index contributed by atoms with van der Waals surface area (Å²) < 4.78 is 0. The monoisotopic (exact) mass is 387 g/mol. The van der Waals surface area contributed by atoms with Gasteiger partial charge >= 0.3 is 0 Å². The fourth-order valence-corrected chi connectivity index (χ4v) is 4.64. The van der Waals surface area contributed by atoms with Crippen LogP contribution < -0.4 is 0 Å². The summed E-state index contributed by atoms with van der Waals surface area (Å²) in [5, 5.41) is 11.4. The van der Waals surface area contributed by atoms with Crippen molar-refractivity contribution >= 4 is 34.6 Å². The number of ketones is 1. The van der Waals surface area contributed by atoms with E-state index in [9.17, 15) is 9.90 Å². The molecule has 26 heavy (non-hydrogen) atoms. The maximum atomic E-state index is 12.9. The van der Waals surface area contributed by atoms with E-state index in [1.807, 2.05) is 24.3 Å². The summed E-state index contributed by atoms with van der Waals surface area (Å²) in [6.45, 7) is 2.05. The quantitative estimate of drug-likeness (QED) is 0.668. The maximum Gasteiger partial charge on any atom is 0.169 e. The summed E-state index contributed by atoms with van der Waals surface area (Å²) >= 11 is 12.2. The third-order valence-corrected chi connectivity index (χ3v) is 6.08. The van der Waals surface area contributed by atoms with Gasteiger partial charge in [-0.2, -0.15) is 0 Å². The number of halogens is 2. The minimum Gasteiger partial charge on any atom is -0.511 e. The summed E-state index contributed by atoms with van der Waals surface area (Å²) in [6, 6.07) is 9.43. The number of nitrogens with zero attached hydrogens (tertiary/aromatic N) is 1. The second kappa shape index (κ2) is 6.71. The lowest BCUT2D eigenvalue weighted by Gasteiger charge is -2.23. The molecule has 0 radical (unpaired) electrons. The predicted octanol–water partition coefficient (Wildman–Crippen LogP) is 5.89. The fourth-order valence-electron chi connectivity index (χ4n) is 4.19. The molecule has 0 spiro atoms. The first-order valence-electron chi connectivity index (χ1n) is 8.92. The molecule has 1 aromatic heterocycles. The van der Waals surface area contributed by atoms with Gasteiger partial charge in [-0.1, -0.05) is 42.3 Å². The molecule has 2 bridgehead atoms. The lowest BCUT2D eigenvalue weighted by atomic mass is 9.81. The molecule has 1 unspecified atom stereocenters. The normalized spacial score (nSPS) is 22.2. The molecule has 1 N–H and O–H groups in total. The van der Waals surface area contributed by atoms with E-state index in [-0.39, 0.29) is 23.4 Å². The average molecular weight is 388 g/mol. The fraction of sp³-hybridized carbons (Fsp3) is 0.333. The number of rotatable bonds is 3. The molecule has 3 nitrogen and oxygen atoms in total. The number of carbonyl (C=O) groups is 1. The Labute approximate surface area is 162 Å². The average Bonchev–Trinajstić information content (AvgIpc) is 3.07. The number of hydrogen-bond donors (Lipinski definition) is 1. The number of Topliss-reactive ketones (excluding diaryl/α,β-unsaturated/α-hetero) is 1. The number of allylic oxidation sites excluding steroid dienone is 2. The molecule has 2 atom stereocenters. The van der Waals surface area contributed by atoms with Gasteiger partial charge < -0.3 is 5.11 Å². The smallest absolute Gasteiger partial charge is 0.169 e. The second-order valence-corrected chi connectivity index (χ2v) is 7.77. The third kappa shape index (κ3) is 2.83. The zero-order valence-corrected chi connectivity index (χ0v) is 15.9. The van der Waals surface area contributed by atoms with Crippen LogP contribution in [0.3, 0.4) is 0 Å². The van der Waals surface area contributed by atoms with E-state index in [1.54, 1.807) is 6.07 Å². The van der Waals surface area contributed by atoms with Crippen LogP contribution in [0.1, 0.15) is 37.3 Å². The lowest BCUT2D eigenvalue weighted by molar-refractivity contribution is -0.117. The van der Waals surface area contributed by atoms with Gasteiger partial charge in [0.1, 0.15) is 16.1 Å². The molecular formula is C21H19Cl2NO2. The van der Waals surface area contributed by atoms with E-state index in [0.717, 1.165) is 47.9 Å². The first-order valence-corrected chi connectivity index (χ1v) is 9.68. The highest BCUT2D eigenvalue weighted by Crippen LogP contribution is 2.46. The molecule has 1 saturated carbocycles. The summed E-state index contributed by atoms with van der Waals surface area (Å²) in [5.41, 5.74) is 3.97. The van der Waals surface area contributed by atoms with Crippen LogP contribution in [0.4, 0.5) is 0 Å². The SMILES string of the molecule is CCc1ccc(-c2ccc(Cl)nc2Cl)cc1C1=C(O)[C@H]2CCC(C2)C1=O. The van der Waals surface area contributed by atoms with Crippen molar-refractivity contribution < 1.29 is 9.90 Å². The zero-order valence-electron chi connectivity index (χ0n) is 14.4. The molecule has 2 aromatic rings. The number of hydrogen-bond acceptors (Lipinski definition) is 3. The van der Waals surface area contributed by atoms with Crippen LogP contribution in [0, 0.1) is 11.8 Å². The van der Waals surface area contributed by atoms with Crippen molar-refractivity contribution in [2.24, 2.45) is 11.8 Å². The van der Waals surface area contributed by atoms with Crippen molar-refractivity contribution in [1.29, 1.82) is 0 Å². The molecule has 4 rings (SSSR count). The number of fused-ring (bicyclic) bond motifs is 2. The molecule has 1 fully saturated rings. The highest BCUT2D eigenvalue weighted by molar-refractivity contribution is 6.34. The Morgan fingerprint density at radius 3 is 2.62 bits per heavy atom. The number of carbonyl (C=O) groups excluding carboxylic acids is 1. The Morgan fingerprint density at radius 2 is 1.88 bits per heavy atom. The summed E-state index contributed by atoms with van der Waals surface area (Å²) in [7, 11) is 0. The third-order valence-electron chi connectivity index (χ3n) is 5.58. The second-order valence-electron chi connectivity index (χ2n) is 7.03. The molecule has 5 heteroatoms. The van der Waals surface area contributed by atoms with Gasteiger partial charge in [-0.15, -0.1) is 0 Å². The van der Waals surface area contributed by atoms with Crippen molar-refractivity contribution in [1.82, 2.24) is 4.98 Å². The van der Waals surface area contributed by atoms with Crippen molar-refractivity contribution in [2.75, 3.05) is 0 Å². The summed E-state index contributed by atoms with van der Waals surface area (Å²) in [4.78, 5) is 17.0. The van der Waals surface area contributed by atoms with Crippen LogP contribution in [-0.2, 0) is 11.2 Å². The van der Waals surface area contributed by atoms with E-state index in [0.29, 0.717) is 15.9 Å². The van der Waals surface area contributed by atoms with Gasteiger partial charge in [0, 0.05) is 17.4 Å². The van der Waals surface area contributed by atoms with Gasteiger partial charge in [-0.3, -0.25) is 4.79 Å². The number of aliphatic hydroxyl groups excluding tert-OH is 1. The topological polar surface area (TPSA) is 50.2 Å². The number of aryl methyl sites for hydroxylation is 1. The Bertz CT molecular complexity index is 936. The van der Waals surface area contributed by atoms with Gasteiger partial charge in [0.05, 0.1) is 5.57 Å². The van der Waals surface area contributed by atoms with Gasteiger partial charge in [0.2, 0.25) is 0 Å². The molecular weight excluding hydrogens is 369 g/mol. The number of aromatic nitrogens is 1. The van der Waals surface area contributed by atoms with Crippen LogP contribution in [0.5, 0.6) is 0 Å². The molecule has 2 aliphatic carbocycles. The highest BCUT2D eigenvalue weighted by atomic mass is 35.5. The van der Waals surface area contributed by atoms with Crippen molar-refractivity contribution in [3.63, 3.8) is 0 Å². The van der Waals surface area contributed by atoms with Crippen LogP contribution in [0.15, 0.2) is 36.1 Å². The summed E-state index contributed by atoms with van der Waals surface area (Å²) in [6.07, 6.45) is 3.31. The van der Waals surface area contributed by atoms with E-state index < -0.39 is 0 Å². The molecule has 1 aromatic carbocycles. The first-order chi connectivity index (χ1) is 12.5. The van der Waals surface area contributed by atoms with Gasteiger partial charge in [-0.05, 0) is 60.6 Å². The number of pyridine rings is 1. The predicted molar refractivity (Wildman–Crippen MR) is 104 cm³/mol. The Kier molecular flexibility index (Phi) is 4.54. The zero-order chi connectivity index (χ0) is 18.4. The van der Waals surface area contributed by atoms with E-state index in [4.69, 9.17) is 23.2 Å². The highest BCUT2D eigenvalue weighted by Gasteiger charge is 2.41. The van der Waals surface area contributed by atoms with E-state index in [2.05, 4.69) is 11.9 Å². The maximum absolute atomic E-state index is 12.9. The first kappa shape index (κ1) is 17.6. The molecule has 1 heterocycles. The molecule has 0 aliphatic heterocycles. The number of aliphatic hydroxyl groups is 1. The summed E-state index contributed by atoms with van der Waals surface area (Å²) in [5.74, 6) is 0.487. The molecule has 2 aliphatic rings. The van der Waals surface area contributed by atoms with Crippen molar-refractivity contribution in [3.8, 4) is 11.1 Å². The Morgan fingerprint density at radius 1 is 1.12 bits per heavy atom. The van der Waals surface area contributed by atoms with Crippen LogP contribution in [0.2, 0.25) is 10.3 Å². The van der Waals surface area contributed by atoms with Crippen LogP contribution in [-0.4, -0.2) is 15.9 Å². The van der Waals surface area contributed by atoms with Gasteiger partial charge in [0.15, 0.2) is 5.78 Å². The van der Waals surface area contributed by atoms with E-state index >= 15 is 0 Å². The molecule has 0 saturated heterocycles.